The first kappa shape index (κ1) is 16.4. The second-order valence-electron chi connectivity index (χ2n) is 6.37. The average molecular weight is 338 g/mol. The van der Waals surface area contributed by atoms with E-state index in [0.29, 0.717) is 23.7 Å². The summed E-state index contributed by atoms with van der Waals surface area (Å²) in [6.45, 7) is 5.68. The Bertz CT molecular complexity index is 618. The average Bonchev–Trinajstić information content (AvgIpc) is 2.96. The number of aromatic carboxylic acids is 1. The van der Waals surface area contributed by atoms with Gasteiger partial charge in [0, 0.05) is 18.0 Å². The number of carbonyl (C=O) groups excluding carboxylic acids is 1. The maximum atomic E-state index is 12.3. The molecule has 2 unspecified atom stereocenters. The number of anilines is 1. The third-order valence-electron chi connectivity index (χ3n) is 4.25. The summed E-state index contributed by atoms with van der Waals surface area (Å²) >= 11 is 1.41. The van der Waals surface area contributed by atoms with Crippen molar-refractivity contribution >= 4 is 28.2 Å². The first-order valence-corrected chi connectivity index (χ1v) is 8.81. The Balaban J connectivity index is 1.68. The van der Waals surface area contributed by atoms with Crippen LogP contribution in [0.4, 0.5) is 5.00 Å². The molecule has 3 rings (SSSR count). The number of hydrogen-bond acceptors (Lipinski definition) is 5. The van der Waals surface area contributed by atoms with Gasteiger partial charge in [-0.25, -0.2) is 4.79 Å². The van der Waals surface area contributed by atoms with Crippen molar-refractivity contribution in [1.29, 1.82) is 0 Å². The van der Waals surface area contributed by atoms with Crippen molar-refractivity contribution in [1.82, 2.24) is 4.90 Å². The van der Waals surface area contributed by atoms with Crippen LogP contribution in [0.25, 0.3) is 0 Å². The highest BCUT2D eigenvalue weighted by molar-refractivity contribution is 7.17. The van der Waals surface area contributed by atoms with Crippen LogP contribution in [0.1, 0.15) is 41.1 Å². The fraction of sp³-hybridized carbons (Fsp3) is 0.625. The van der Waals surface area contributed by atoms with Gasteiger partial charge in [0.15, 0.2) is 0 Å². The van der Waals surface area contributed by atoms with Gasteiger partial charge >= 0.3 is 5.97 Å². The Morgan fingerprint density at radius 3 is 2.65 bits per heavy atom. The van der Waals surface area contributed by atoms with Gasteiger partial charge in [-0.2, -0.15) is 0 Å². The summed E-state index contributed by atoms with van der Waals surface area (Å²) in [5, 5.41) is 12.8. The number of aryl methyl sites for hydroxylation is 1. The van der Waals surface area contributed by atoms with Gasteiger partial charge in [-0.05, 0) is 38.7 Å². The SMILES string of the molecule is CC1CN(CC(=O)Nc2sc3c(c2C(=O)O)CCC3)CC(C)O1. The molecule has 0 saturated carbocycles. The Labute approximate surface area is 139 Å². The number of amides is 1. The lowest BCUT2D eigenvalue weighted by Crippen LogP contribution is -2.48. The number of rotatable bonds is 4. The van der Waals surface area contributed by atoms with Gasteiger partial charge in [0.1, 0.15) is 5.00 Å². The fourth-order valence-corrected chi connectivity index (χ4v) is 4.80. The van der Waals surface area contributed by atoms with Crippen LogP contribution in [-0.4, -0.2) is 53.7 Å². The molecule has 0 aromatic carbocycles. The molecule has 126 valence electrons. The van der Waals surface area contributed by atoms with E-state index in [2.05, 4.69) is 10.2 Å². The van der Waals surface area contributed by atoms with Crippen molar-refractivity contribution in [2.45, 2.75) is 45.3 Å². The molecule has 2 N–H and O–H groups in total. The number of nitrogens with one attached hydrogen (secondary N) is 1. The molecule has 1 amide bonds. The summed E-state index contributed by atoms with van der Waals surface area (Å²) in [5.74, 6) is -1.11. The van der Waals surface area contributed by atoms with Crippen molar-refractivity contribution in [2.75, 3.05) is 25.0 Å². The molecular weight excluding hydrogens is 316 g/mol. The van der Waals surface area contributed by atoms with Crippen LogP contribution >= 0.6 is 11.3 Å². The maximum absolute atomic E-state index is 12.3. The standard InChI is InChI=1S/C16H22N2O4S/c1-9-6-18(7-10(2)22-9)8-13(19)17-15-14(16(20)21)11-4-3-5-12(11)23-15/h9-10H,3-8H2,1-2H3,(H,17,19)(H,20,21). The molecule has 1 aromatic rings. The van der Waals surface area contributed by atoms with Gasteiger partial charge in [0.05, 0.1) is 24.3 Å². The van der Waals surface area contributed by atoms with Crippen LogP contribution in [0.5, 0.6) is 0 Å². The number of fused-ring (bicyclic) bond motifs is 1. The van der Waals surface area contributed by atoms with E-state index in [1.54, 1.807) is 0 Å². The quantitative estimate of drug-likeness (QED) is 0.878. The zero-order valence-corrected chi connectivity index (χ0v) is 14.2. The van der Waals surface area contributed by atoms with E-state index in [1.165, 1.54) is 11.3 Å². The zero-order chi connectivity index (χ0) is 16.6. The van der Waals surface area contributed by atoms with Crippen LogP contribution in [0.15, 0.2) is 0 Å². The van der Waals surface area contributed by atoms with Crippen LogP contribution in [0.2, 0.25) is 0 Å². The van der Waals surface area contributed by atoms with E-state index in [1.807, 2.05) is 13.8 Å². The van der Waals surface area contributed by atoms with Gasteiger partial charge in [-0.15, -0.1) is 11.3 Å². The number of carboxylic acid groups (broad SMARTS) is 1. The van der Waals surface area contributed by atoms with Gasteiger partial charge in [-0.3, -0.25) is 9.69 Å². The molecule has 1 aliphatic carbocycles. The summed E-state index contributed by atoms with van der Waals surface area (Å²) in [5.41, 5.74) is 1.20. The first-order chi connectivity index (χ1) is 10.9. The lowest BCUT2D eigenvalue weighted by Gasteiger charge is -2.34. The second-order valence-corrected chi connectivity index (χ2v) is 7.47. The second kappa shape index (κ2) is 6.59. The molecule has 0 bridgehead atoms. The van der Waals surface area contributed by atoms with Crippen LogP contribution in [-0.2, 0) is 22.4 Å². The van der Waals surface area contributed by atoms with Gasteiger partial charge < -0.3 is 15.2 Å². The van der Waals surface area contributed by atoms with E-state index >= 15 is 0 Å². The van der Waals surface area contributed by atoms with E-state index in [-0.39, 0.29) is 24.7 Å². The van der Waals surface area contributed by atoms with Crippen molar-refractivity contribution in [2.24, 2.45) is 0 Å². The van der Waals surface area contributed by atoms with Crippen molar-refractivity contribution in [3.63, 3.8) is 0 Å². The predicted octanol–water partition coefficient (Wildman–Crippen LogP) is 1.98. The monoisotopic (exact) mass is 338 g/mol. The number of morpholine rings is 1. The van der Waals surface area contributed by atoms with E-state index in [0.717, 1.165) is 29.7 Å². The maximum Gasteiger partial charge on any atom is 0.339 e. The third kappa shape index (κ3) is 3.57. The summed E-state index contributed by atoms with van der Waals surface area (Å²) in [6, 6.07) is 0. The minimum Gasteiger partial charge on any atom is -0.478 e. The molecule has 1 aliphatic heterocycles. The summed E-state index contributed by atoms with van der Waals surface area (Å²) < 4.78 is 5.66. The molecular formula is C16H22N2O4S. The summed E-state index contributed by atoms with van der Waals surface area (Å²) in [7, 11) is 0. The normalized spacial score (nSPS) is 24.4. The van der Waals surface area contributed by atoms with Crippen molar-refractivity contribution < 1.29 is 19.4 Å². The number of carboxylic acids is 1. The fourth-order valence-electron chi connectivity index (χ4n) is 3.50. The van der Waals surface area contributed by atoms with E-state index < -0.39 is 5.97 Å². The molecule has 6 nitrogen and oxygen atoms in total. The zero-order valence-electron chi connectivity index (χ0n) is 13.4. The molecule has 1 fully saturated rings. The van der Waals surface area contributed by atoms with Gasteiger partial charge in [-0.1, -0.05) is 0 Å². The Hall–Kier alpha value is -1.44. The van der Waals surface area contributed by atoms with Gasteiger partial charge in [0.2, 0.25) is 5.91 Å². The Morgan fingerprint density at radius 1 is 1.30 bits per heavy atom. The van der Waals surface area contributed by atoms with Crippen molar-refractivity contribution in [3.05, 3.63) is 16.0 Å². The third-order valence-corrected chi connectivity index (χ3v) is 5.46. The molecule has 23 heavy (non-hydrogen) atoms. The smallest absolute Gasteiger partial charge is 0.339 e. The highest BCUT2D eigenvalue weighted by atomic mass is 32.1. The topological polar surface area (TPSA) is 78.9 Å². The van der Waals surface area contributed by atoms with Crippen LogP contribution in [0.3, 0.4) is 0 Å². The highest BCUT2D eigenvalue weighted by Crippen LogP contribution is 2.39. The minimum atomic E-state index is -0.951. The molecule has 2 aliphatic rings. The Kier molecular flexibility index (Phi) is 4.70. The number of ether oxygens (including phenoxy) is 1. The molecule has 7 heteroatoms. The first-order valence-electron chi connectivity index (χ1n) is 7.99. The Morgan fingerprint density at radius 2 is 2.00 bits per heavy atom. The van der Waals surface area contributed by atoms with Crippen molar-refractivity contribution in [3.8, 4) is 0 Å². The summed E-state index contributed by atoms with van der Waals surface area (Å²) in [6.07, 6.45) is 2.91. The lowest BCUT2D eigenvalue weighted by atomic mass is 10.1. The molecule has 0 radical (unpaired) electrons. The highest BCUT2D eigenvalue weighted by Gasteiger charge is 2.28. The molecule has 2 atom stereocenters. The number of carbonyl (C=O) groups is 2. The van der Waals surface area contributed by atoms with E-state index in [9.17, 15) is 14.7 Å². The molecule has 1 saturated heterocycles. The van der Waals surface area contributed by atoms with Crippen LogP contribution < -0.4 is 5.32 Å². The van der Waals surface area contributed by atoms with Gasteiger partial charge in [0.25, 0.3) is 0 Å². The minimum absolute atomic E-state index is 0.103. The lowest BCUT2D eigenvalue weighted by molar-refractivity contribution is -0.121. The number of nitrogens with zero attached hydrogens (tertiary/aromatic N) is 1. The number of hydrogen-bond donors (Lipinski definition) is 2. The largest absolute Gasteiger partial charge is 0.478 e. The van der Waals surface area contributed by atoms with E-state index in [4.69, 9.17) is 4.74 Å². The molecule has 2 heterocycles. The predicted molar refractivity (Wildman–Crippen MR) is 88.4 cm³/mol. The molecule has 0 spiro atoms. The molecule has 1 aromatic heterocycles. The summed E-state index contributed by atoms with van der Waals surface area (Å²) in [4.78, 5) is 27.0. The van der Waals surface area contributed by atoms with Crippen LogP contribution in [0, 0.1) is 0 Å². The number of thiophene rings is 1.